The minimum atomic E-state index is -4.42. The quantitative estimate of drug-likeness (QED) is 0.527. The second-order valence-corrected chi connectivity index (χ2v) is 6.39. The monoisotopic (exact) mass is 376 g/mol. The molecule has 0 bridgehead atoms. The van der Waals surface area contributed by atoms with E-state index < -0.39 is 11.7 Å². The van der Waals surface area contributed by atoms with E-state index in [0.29, 0.717) is 15.5 Å². The molecule has 0 spiro atoms. The number of hydrogen-bond donors (Lipinski definition) is 0. The first kappa shape index (κ1) is 16.5. The molecule has 5 nitrogen and oxygen atoms in total. The lowest BCUT2D eigenvalue weighted by atomic mass is 10.1. The summed E-state index contributed by atoms with van der Waals surface area (Å²) >= 11 is 1.30. The van der Waals surface area contributed by atoms with Gasteiger partial charge in [0.15, 0.2) is 5.82 Å². The van der Waals surface area contributed by atoms with Crippen molar-refractivity contribution in [2.75, 3.05) is 7.11 Å². The van der Waals surface area contributed by atoms with Crippen LogP contribution < -0.4 is 4.74 Å². The molecule has 0 aliphatic heterocycles. The molecule has 4 rings (SSSR count). The molecule has 0 radical (unpaired) electrons. The fourth-order valence-electron chi connectivity index (χ4n) is 2.48. The van der Waals surface area contributed by atoms with Gasteiger partial charge in [0.25, 0.3) is 0 Å². The normalized spacial score (nSPS) is 11.8. The van der Waals surface area contributed by atoms with Gasteiger partial charge in [-0.3, -0.25) is 0 Å². The lowest BCUT2D eigenvalue weighted by Gasteiger charge is -2.07. The molecule has 4 aromatic rings. The van der Waals surface area contributed by atoms with Crippen LogP contribution in [0.15, 0.2) is 48.5 Å². The molecule has 0 atom stereocenters. The Kier molecular flexibility index (Phi) is 3.87. The van der Waals surface area contributed by atoms with E-state index in [9.17, 15) is 13.2 Å². The number of alkyl halides is 3. The first-order valence-electron chi connectivity index (χ1n) is 7.50. The van der Waals surface area contributed by atoms with Crippen molar-refractivity contribution in [3.63, 3.8) is 0 Å². The molecule has 9 heteroatoms. The number of nitrogens with zero attached hydrogens (tertiary/aromatic N) is 4. The summed E-state index contributed by atoms with van der Waals surface area (Å²) in [4.78, 5) is 0.503. The number of fused-ring (bicyclic) bond motifs is 1. The Morgan fingerprint density at radius 2 is 1.77 bits per heavy atom. The summed E-state index contributed by atoms with van der Waals surface area (Å²) in [6.07, 6.45) is -4.42. The van der Waals surface area contributed by atoms with Crippen LogP contribution in [-0.2, 0) is 6.18 Å². The molecule has 26 heavy (non-hydrogen) atoms. The van der Waals surface area contributed by atoms with Crippen molar-refractivity contribution < 1.29 is 17.9 Å². The molecule has 0 aliphatic carbocycles. The van der Waals surface area contributed by atoms with E-state index in [-0.39, 0.29) is 5.82 Å². The maximum absolute atomic E-state index is 12.9. The third-order valence-electron chi connectivity index (χ3n) is 3.78. The Bertz CT molecular complexity index is 1070. The number of ether oxygens (including phenoxy) is 1. The van der Waals surface area contributed by atoms with Crippen molar-refractivity contribution in [2.45, 2.75) is 6.18 Å². The van der Waals surface area contributed by atoms with Crippen LogP contribution in [0.4, 0.5) is 13.2 Å². The molecule has 2 aromatic carbocycles. The zero-order valence-electron chi connectivity index (χ0n) is 13.4. The van der Waals surface area contributed by atoms with Gasteiger partial charge >= 0.3 is 6.18 Å². The second kappa shape index (κ2) is 6.10. The first-order valence-corrected chi connectivity index (χ1v) is 8.31. The summed E-state index contributed by atoms with van der Waals surface area (Å²) in [5.41, 5.74) is 0.424. The second-order valence-electron chi connectivity index (χ2n) is 5.43. The van der Waals surface area contributed by atoms with Crippen LogP contribution in [0.1, 0.15) is 5.56 Å². The van der Waals surface area contributed by atoms with Crippen LogP contribution in [0.25, 0.3) is 26.9 Å². The van der Waals surface area contributed by atoms with E-state index in [1.807, 2.05) is 24.3 Å². The summed E-state index contributed by atoms with van der Waals surface area (Å²) in [6, 6.07) is 12.3. The molecular weight excluding hydrogens is 365 g/mol. The lowest BCUT2D eigenvalue weighted by Crippen LogP contribution is -2.05. The average molecular weight is 376 g/mol. The summed E-state index contributed by atoms with van der Waals surface area (Å²) in [5, 5.41) is 13.2. The topological polar surface area (TPSA) is 52.3 Å². The molecular formula is C17H11F3N4OS. The molecule has 0 N–H and O–H groups in total. The van der Waals surface area contributed by atoms with Crippen LogP contribution in [0, 0.1) is 0 Å². The van der Waals surface area contributed by atoms with Gasteiger partial charge in [-0.05, 0) is 36.4 Å². The van der Waals surface area contributed by atoms with Crippen LogP contribution in [0.2, 0.25) is 0 Å². The van der Waals surface area contributed by atoms with Gasteiger partial charge in [-0.15, -0.1) is 10.2 Å². The van der Waals surface area contributed by atoms with Crippen molar-refractivity contribution in [3.8, 4) is 27.7 Å². The number of hydrogen-bond acceptors (Lipinski definition) is 5. The first-order chi connectivity index (χ1) is 12.5. The van der Waals surface area contributed by atoms with Gasteiger partial charge in [-0.2, -0.15) is 22.8 Å². The van der Waals surface area contributed by atoms with Crippen molar-refractivity contribution in [3.05, 3.63) is 54.1 Å². The molecule has 0 saturated carbocycles. The van der Waals surface area contributed by atoms with Crippen LogP contribution >= 0.6 is 11.3 Å². The van der Waals surface area contributed by atoms with Gasteiger partial charge < -0.3 is 4.74 Å². The summed E-state index contributed by atoms with van der Waals surface area (Å²) in [7, 11) is 1.58. The third kappa shape index (κ3) is 2.90. The van der Waals surface area contributed by atoms with Gasteiger partial charge in [-0.25, -0.2) is 0 Å². The van der Waals surface area contributed by atoms with Crippen molar-refractivity contribution in [2.24, 2.45) is 0 Å². The van der Waals surface area contributed by atoms with Gasteiger partial charge in [0.2, 0.25) is 4.96 Å². The predicted molar refractivity (Wildman–Crippen MR) is 91.1 cm³/mol. The molecule has 132 valence electrons. The van der Waals surface area contributed by atoms with Crippen LogP contribution in [0.5, 0.6) is 5.75 Å². The van der Waals surface area contributed by atoms with Gasteiger partial charge in [0.1, 0.15) is 10.8 Å². The van der Waals surface area contributed by atoms with Gasteiger partial charge in [-0.1, -0.05) is 23.5 Å². The lowest BCUT2D eigenvalue weighted by molar-refractivity contribution is -0.137. The molecule has 0 aliphatic rings. The maximum Gasteiger partial charge on any atom is 0.416 e. The van der Waals surface area contributed by atoms with Gasteiger partial charge in [0.05, 0.1) is 12.7 Å². The fraction of sp³-hybridized carbons (Fsp3) is 0.118. The highest BCUT2D eigenvalue weighted by Gasteiger charge is 2.31. The zero-order chi connectivity index (χ0) is 18.3. The molecule has 0 saturated heterocycles. The molecule has 0 unspecified atom stereocenters. The summed E-state index contributed by atoms with van der Waals surface area (Å²) in [6.45, 7) is 0. The summed E-state index contributed by atoms with van der Waals surface area (Å²) < 4.78 is 45.4. The van der Waals surface area contributed by atoms with Gasteiger partial charge in [0, 0.05) is 11.1 Å². The highest BCUT2D eigenvalue weighted by Crippen LogP contribution is 2.33. The van der Waals surface area contributed by atoms with E-state index in [1.54, 1.807) is 13.2 Å². The highest BCUT2D eigenvalue weighted by atomic mass is 32.1. The van der Waals surface area contributed by atoms with Crippen molar-refractivity contribution in [1.29, 1.82) is 0 Å². The van der Waals surface area contributed by atoms with Crippen LogP contribution in [0.3, 0.4) is 0 Å². The maximum atomic E-state index is 12.9. The Labute approximate surface area is 149 Å². The van der Waals surface area contributed by atoms with E-state index >= 15 is 0 Å². The standard InChI is InChI=1S/C17H11F3N4OS/c1-25-13-7-5-10(6-8-13)15-23-24-14(21-22-16(24)26-15)11-3-2-4-12(9-11)17(18,19)20/h2-9H,1H3. The Balaban J connectivity index is 1.77. The SMILES string of the molecule is COc1ccc(-c2nn3c(-c4cccc(C(F)(F)F)c4)nnc3s2)cc1. The minimum absolute atomic E-state index is 0.266. The Morgan fingerprint density at radius 3 is 2.46 bits per heavy atom. The molecule has 2 heterocycles. The van der Waals surface area contributed by atoms with E-state index in [1.165, 1.54) is 21.9 Å². The number of aromatic nitrogens is 4. The number of rotatable bonds is 3. The number of methoxy groups -OCH3 is 1. The summed E-state index contributed by atoms with van der Waals surface area (Å²) in [5.74, 6) is 0.989. The fourth-order valence-corrected chi connectivity index (χ4v) is 3.33. The predicted octanol–water partition coefficient (Wildman–Crippen LogP) is 4.55. The highest BCUT2D eigenvalue weighted by molar-refractivity contribution is 7.19. The number of benzene rings is 2. The van der Waals surface area contributed by atoms with E-state index in [4.69, 9.17) is 4.74 Å². The smallest absolute Gasteiger partial charge is 0.416 e. The molecule has 0 amide bonds. The van der Waals surface area contributed by atoms with Crippen molar-refractivity contribution >= 4 is 16.3 Å². The van der Waals surface area contributed by atoms with Crippen molar-refractivity contribution in [1.82, 2.24) is 19.8 Å². The van der Waals surface area contributed by atoms with E-state index in [2.05, 4.69) is 15.3 Å². The Hall–Kier alpha value is -2.94. The van der Waals surface area contributed by atoms with E-state index in [0.717, 1.165) is 23.4 Å². The zero-order valence-corrected chi connectivity index (χ0v) is 14.2. The largest absolute Gasteiger partial charge is 0.497 e. The average Bonchev–Trinajstić information content (AvgIpc) is 3.22. The Morgan fingerprint density at radius 1 is 1.00 bits per heavy atom. The van der Waals surface area contributed by atoms with Crippen LogP contribution in [-0.4, -0.2) is 26.9 Å². The minimum Gasteiger partial charge on any atom is -0.497 e. The molecule has 0 fully saturated rings. The third-order valence-corrected chi connectivity index (χ3v) is 4.72. The number of halogens is 3. The molecule has 2 aromatic heterocycles.